The molecule has 0 radical (unpaired) electrons. The summed E-state index contributed by atoms with van der Waals surface area (Å²) in [5.41, 5.74) is -2.14. The Kier molecular flexibility index (Phi) is 14.4. The van der Waals surface area contributed by atoms with Crippen LogP contribution >= 0.6 is 7.82 Å². The monoisotopic (exact) mass is 599 g/mol. The number of rotatable bonds is 16. The molecule has 0 aliphatic heterocycles. The second-order valence-electron chi connectivity index (χ2n) is 14.1. The molecule has 0 aliphatic carbocycles. The van der Waals surface area contributed by atoms with E-state index in [-0.39, 0.29) is 0 Å². The van der Waals surface area contributed by atoms with Crippen molar-refractivity contribution in [2.45, 2.75) is 156 Å². The lowest BCUT2D eigenvalue weighted by Gasteiger charge is -2.40. The van der Waals surface area contributed by atoms with E-state index in [9.17, 15) is 9.36 Å². The first kappa shape index (κ1) is 37.4. The molecule has 0 saturated carbocycles. The van der Waals surface area contributed by atoms with Gasteiger partial charge in [-0.1, -0.05) is 44.7 Å². The number of nitrogens with one attached hydrogen (secondary N) is 1. The Morgan fingerprint density at radius 2 is 1.37 bits per heavy atom. The van der Waals surface area contributed by atoms with Gasteiger partial charge in [0.05, 0.1) is 29.5 Å². The minimum atomic E-state index is -4.03. The molecule has 1 aromatic rings. The van der Waals surface area contributed by atoms with Crippen molar-refractivity contribution in [3.63, 3.8) is 0 Å². The van der Waals surface area contributed by atoms with Crippen LogP contribution < -0.4 is 10.1 Å². The summed E-state index contributed by atoms with van der Waals surface area (Å²) < 4.78 is 43.1. The maximum Gasteiger partial charge on any atom is 0.476 e. The zero-order chi connectivity index (χ0) is 31.5. The predicted octanol–water partition coefficient (Wildman–Crippen LogP) is 9.40. The van der Waals surface area contributed by atoms with E-state index in [1.807, 2.05) is 31.2 Å². The van der Waals surface area contributed by atoms with E-state index in [0.717, 1.165) is 17.7 Å². The number of ether oxygens (including phenoxy) is 2. The summed E-state index contributed by atoms with van der Waals surface area (Å²) in [7, 11) is -4.03. The smallest absolute Gasteiger partial charge is 0.476 e. The molecule has 8 nitrogen and oxygen atoms in total. The molecule has 0 fully saturated rings. The zero-order valence-corrected chi connectivity index (χ0v) is 28.7. The highest BCUT2D eigenvalue weighted by molar-refractivity contribution is 7.48. The van der Waals surface area contributed by atoms with E-state index in [1.165, 1.54) is 25.7 Å². The highest BCUT2D eigenvalue weighted by atomic mass is 31.2. The van der Waals surface area contributed by atoms with Crippen LogP contribution in [-0.2, 0) is 29.3 Å². The average Bonchev–Trinajstić information content (AvgIpc) is 2.76. The van der Waals surface area contributed by atoms with E-state index in [2.05, 4.69) is 12.2 Å². The number of carbonyl (C=O) groups excluding carboxylic acids is 1. The normalized spacial score (nSPS) is 15.2. The summed E-state index contributed by atoms with van der Waals surface area (Å²) in [4.78, 5) is 12.9. The third-order valence-corrected chi connectivity index (χ3v) is 8.23. The number of amides is 1. The standard InChI is InChI=1S/C32H58NO7P/c1-13-14-15-16-17-24-36-27-20-18-26(19-21-27)22-23-32(12,33-28(34)37-29(3,4)5)25(2)38-41(35,39-30(6,7)8)40-31(9,10)11/h18-21,25H,13-17,22-24H2,1-12H3,(H,33,34)/t25-,32-/m1/s1. The van der Waals surface area contributed by atoms with Gasteiger partial charge >= 0.3 is 13.9 Å². The minimum absolute atomic E-state index is 0.482. The molecule has 1 rings (SSSR count). The molecule has 0 heterocycles. The number of benzene rings is 1. The molecule has 0 saturated heterocycles. The van der Waals surface area contributed by atoms with Gasteiger partial charge < -0.3 is 14.8 Å². The molecule has 41 heavy (non-hydrogen) atoms. The SMILES string of the molecule is CCCCCCCOc1ccc(CC[C@@](C)(NC(=O)OC(C)(C)C)[C@@H](C)OP(=O)(OC(C)(C)C)OC(C)(C)C)cc1. The fourth-order valence-electron chi connectivity index (χ4n) is 4.00. The molecule has 0 aliphatic rings. The van der Waals surface area contributed by atoms with Gasteiger partial charge in [-0.3, -0.25) is 13.6 Å². The van der Waals surface area contributed by atoms with Gasteiger partial charge in [-0.25, -0.2) is 9.36 Å². The van der Waals surface area contributed by atoms with E-state index in [4.69, 9.17) is 23.0 Å². The van der Waals surface area contributed by atoms with Crippen LogP contribution in [0.4, 0.5) is 4.79 Å². The van der Waals surface area contributed by atoms with Crippen LogP contribution in [0.15, 0.2) is 24.3 Å². The first-order chi connectivity index (χ1) is 18.7. The van der Waals surface area contributed by atoms with Crippen LogP contribution in [0.1, 0.15) is 127 Å². The number of hydrogen-bond donors (Lipinski definition) is 1. The fourth-order valence-corrected chi connectivity index (χ4v) is 6.08. The Morgan fingerprint density at radius 3 is 1.85 bits per heavy atom. The van der Waals surface area contributed by atoms with Gasteiger partial charge in [-0.2, -0.15) is 0 Å². The Balaban J connectivity index is 3.06. The largest absolute Gasteiger partial charge is 0.494 e. The number of carbonyl (C=O) groups is 1. The number of phosphoric acid groups is 1. The van der Waals surface area contributed by atoms with Gasteiger partial charge in [0.15, 0.2) is 0 Å². The van der Waals surface area contributed by atoms with Crippen LogP contribution in [0, 0.1) is 0 Å². The van der Waals surface area contributed by atoms with Crippen molar-refractivity contribution in [2.75, 3.05) is 6.61 Å². The maximum absolute atomic E-state index is 13.9. The molecule has 9 heteroatoms. The van der Waals surface area contributed by atoms with Crippen molar-refractivity contribution in [3.05, 3.63) is 29.8 Å². The van der Waals surface area contributed by atoms with E-state index in [1.54, 1.807) is 69.2 Å². The van der Waals surface area contributed by atoms with Crippen LogP contribution in [-0.4, -0.2) is 41.1 Å². The summed E-state index contributed by atoms with van der Waals surface area (Å²) >= 11 is 0. The molecule has 0 bridgehead atoms. The average molecular weight is 600 g/mol. The molecule has 1 N–H and O–H groups in total. The van der Waals surface area contributed by atoms with Gasteiger partial charge in [-0.15, -0.1) is 0 Å². The first-order valence-electron chi connectivity index (χ1n) is 15.1. The third-order valence-electron chi connectivity index (χ3n) is 6.12. The summed E-state index contributed by atoms with van der Waals surface area (Å²) in [6.07, 6.45) is 5.76. The quantitative estimate of drug-likeness (QED) is 0.149. The van der Waals surface area contributed by atoms with E-state index < -0.39 is 42.4 Å². The molecular weight excluding hydrogens is 541 g/mol. The van der Waals surface area contributed by atoms with Gasteiger partial charge in [0, 0.05) is 0 Å². The molecule has 1 amide bonds. The van der Waals surface area contributed by atoms with Crippen LogP contribution in [0.25, 0.3) is 0 Å². The van der Waals surface area contributed by atoms with Crippen molar-refractivity contribution in [1.29, 1.82) is 0 Å². The van der Waals surface area contributed by atoms with Gasteiger partial charge in [0.25, 0.3) is 0 Å². The lowest BCUT2D eigenvalue weighted by atomic mass is 9.88. The number of aryl methyl sites for hydroxylation is 1. The highest BCUT2D eigenvalue weighted by Gasteiger charge is 2.44. The molecule has 1 aromatic carbocycles. The lowest BCUT2D eigenvalue weighted by molar-refractivity contribution is -0.0275. The highest BCUT2D eigenvalue weighted by Crippen LogP contribution is 2.57. The van der Waals surface area contributed by atoms with Gasteiger partial charge in [0.2, 0.25) is 0 Å². The summed E-state index contributed by atoms with van der Waals surface area (Å²) in [5, 5.41) is 2.99. The van der Waals surface area contributed by atoms with Crippen molar-refractivity contribution in [2.24, 2.45) is 0 Å². The zero-order valence-electron chi connectivity index (χ0n) is 27.8. The Morgan fingerprint density at radius 1 is 0.829 bits per heavy atom. The maximum atomic E-state index is 13.9. The molecule has 0 aromatic heterocycles. The first-order valence-corrected chi connectivity index (χ1v) is 16.5. The number of hydrogen-bond acceptors (Lipinski definition) is 7. The molecule has 2 atom stereocenters. The van der Waals surface area contributed by atoms with Crippen LogP contribution in [0.5, 0.6) is 5.75 Å². The van der Waals surface area contributed by atoms with E-state index in [0.29, 0.717) is 19.4 Å². The Labute approximate surface area is 250 Å². The van der Waals surface area contributed by atoms with Crippen molar-refractivity contribution < 1.29 is 32.4 Å². The van der Waals surface area contributed by atoms with E-state index >= 15 is 0 Å². The fraction of sp³-hybridized carbons (Fsp3) is 0.781. The molecule has 0 unspecified atom stereocenters. The van der Waals surface area contributed by atoms with Crippen molar-refractivity contribution in [1.82, 2.24) is 5.32 Å². The van der Waals surface area contributed by atoms with Crippen molar-refractivity contribution >= 4 is 13.9 Å². The lowest BCUT2D eigenvalue weighted by Crippen LogP contribution is -2.55. The summed E-state index contributed by atoms with van der Waals surface area (Å²) in [5.74, 6) is 0.843. The second kappa shape index (κ2) is 15.7. The van der Waals surface area contributed by atoms with Crippen molar-refractivity contribution in [3.8, 4) is 5.75 Å². The minimum Gasteiger partial charge on any atom is -0.494 e. The summed E-state index contributed by atoms with van der Waals surface area (Å²) in [6.45, 7) is 22.7. The van der Waals surface area contributed by atoms with Gasteiger partial charge in [0.1, 0.15) is 11.4 Å². The molecular formula is C32H58NO7P. The Hall–Kier alpha value is -1.60. The number of unbranched alkanes of at least 4 members (excludes halogenated alkanes) is 4. The second-order valence-corrected chi connectivity index (χ2v) is 15.5. The topological polar surface area (TPSA) is 92.3 Å². The predicted molar refractivity (Wildman–Crippen MR) is 167 cm³/mol. The van der Waals surface area contributed by atoms with Gasteiger partial charge in [-0.05, 0) is 113 Å². The van der Waals surface area contributed by atoms with Crippen LogP contribution in [0.3, 0.4) is 0 Å². The third kappa shape index (κ3) is 16.6. The number of phosphoric ester groups is 1. The number of alkyl carbamates (subject to hydrolysis) is 1. The van der Waals surface area contributed by atoms with Crippen LogP contribution in [0.2, 0.25) is 0 Å². The molecule has 0 spiro atoms. The molecule has 238 valence electrons. The Bertz CT molecular complexity index is 940. The summed E-state index contributed by atoms with van der Waals surface area (Å²) in [6, 6.07) is 8.01.